The summed E-state index contributed by atoms with van der Waals surface area (Å²) in [5.74, 6) is 0.360. The first-order valence-electron chi connectivity index (χ1n) is 7.86. The highest BCUT2D eigenvalue weighted by Crippen LogP contribution is 2.25. The number of nitrogens with zero attached hydrogens (tertiary/aromatic N) is 2. The average Bonchev–Trinajstić information content (AvgIpc) is 2.57. The number of aromatic nitrogens is 2. The summed E-state index contributed by atoms with van der Waals surface area (Å²) in [5.41, 5.74) is -0.0232. The van der Waals surface area contributed by atoms with Crippen LogP contribution in [0.15, 0.2) is 41.2 Å². The molecule has 0 saturated carbocycles. The van der Waals surface area contributed by atoms with Crippen molar-refractivity contribution in [3.8, 4) is 0 Å². The number of benzene rings is 1. The van der Waals surface area contributed by atoms with Gasteiger partial charge in [0.25, 0.3) is 5.56 Å². The van der Waals surface area contributed by atoms with Gasteiger partial charge in [0, 0.05) is 12.4 Å². The van der Waals surface area contributed by atoms with E-state index in [4.69, 9.17) is 4.74 Å². The van der Waals surface area contributed by atoms with Crippen LogP contribution in [0, 0.1) is 11.8 Å². The molecule has 2 atom stereocenters. The highest BCUT2D eigenvalue weighted by molar-refractivity contribution is 6.02. The maximum atomic E-state index is 12.5. The molecule has 0 aliphatic heterocycles. The average molecular weight is 312 g/mol. The van der Waals surface area contributed by atoms with Crippen LogP contribution in [-0.4, -0.2) is 22.4 Å². The summed E-state index contributed by atoms with van der Waals surface area (Å²) in [7, 11) is 1.54. The van der Waals surface area contributed by atoms with Crippen molar-refractivity contribution in [2.75, 3.05) is 6.61 Å². The number of ether oxygens (including phenoxy) is 1. The number of carbonyl (C=O) groups is 1. The van der Waals surface area contributed by atoms with Crippen LogP contribution in [0.3, 0.4) is 0 Å². The highest BCUT2D eigenvalue weighted by atomic mass is 16.5. The van der Waals surface area contributed by atoms with E-state index in [2.05, 4.69) is 24.2 Å². The molecule has 0 bridgehead atoms. The molecule has 0 spiro atoms. The van der Waals surface area contributed by atoms with Gasteiger partial charge in [-0.25, -0.2) is 9.48 Å². The number of rotatable bonds is 3. The molecule has 0 saturated heterocycles. The molecule has 0 unspecified atom stereocenters. The van der Waals surface area contributed by atoms with Gasteiger partial charge in [-0.15, -0.1) is 0 Å². The fraction of sp³-hybridized carbons (Fsp3) is 0.389. The van der Waals surface area contributed by atoms with Gasteiger partial charge >= 0.3 is 5.97 Å². The molecular weight excluding hydrogens is 292 g/mol. The topological polar surface area (TPSA) is 61.2 Å². The lowest BCUT2D eigenvalue weighted by atomic mass is 9.85. The van der Waals surface area contributed by atoms with Gasteiger partial charge in [-0.1, -0.05) is 37.3 Å². The van der Waals surface area contributed by atoms with Crippen LogP contribution in [0.2, 0.25) is 0 Å². The fourth-order valence-electron chi connectivity index (χ4n) is 2.94. The Morgan fingerprint density at radius 3 is 2.70 bits per heavy atom. The molecule has 0 fully saturated rings. The van der Waals surface area contributed by atoms with E-state index >= 15 is 0 Å². The molecule has 2 aromatic rings. The Morgan fingerprint density at radius 2 is 1.96 bits per heavy atom. The first-order chi connectivity index (χ1) is 11.1. The van der Waals surface area contributed by atoms with Crippen molar-refractivity contribution in [1.82, 2.24) is 9.78 Å². The summed E-state index contributed by atoms with van der Waals surface area (Å²) >= 11 is 0. The molecule has 120 valence electrons. The molecule has 5 nitrogen and oxygen atoms in total. The molecule has 1 aliphatic carbocycles. The molecule has 23 heavy (non-hydrogen) atoms. The standard InChI is InChI=1S/C18H20N2O3/c1-12-7-3-4-8-13(12)11-23-18(22)16-14-9-5-6-10-15(14)17(21)20(2)19-16/h3-6,9-10,12-13H,7-8,11H2,1-2H3/t12-,13-/m0/s1. The number of esters is 1. The van der Waals surface area contributed by atoms with E-state index in [1.165, 1.54) is 4.68 Å². The highest BCUT2D eigenvalue weighted by Gasteiger charge is 2.22. The summed E-state index contributed by atoms with van der Waals surface area (Å²) in [5, 5.41) is 5.12. The lowest BCUT2D eigenvalue weighted by Gasteiger charge is -2.24. The Bertz CT molecular complexity index is 823. The molecular formula is C18H20N2O3. The van der Waals surface area contributed by atoms with Gasteiger partial charge < -0.3 is 4.74 Å². The number of hydrogen-bond acceptors (Lipinski definition) is 4. The third-order valence-electron chi connectivity index (χ3n) is 4.50. The van der Waals surface area contributed by atoms with Crippen molar-refractivity contribution in [3.05, 3.63) is 52.5 Å². The predicted molar refractivity (Wildman–Crippen MR) is 88.3 cm³/mol. The van der Waals surface area contributed by atoms with Crippen LogP contribution in [0.4, 0.5) is 0 Å². The molecule has 0 radical (unpaired) electrons. The lowest BCUT2D eigenvalue weighted by Crippen LogP contribution is -2.26. The van der Waals surface area contributed by atoms with Crippen molar-refractivity contribution in [1.29, 1.82) is 0 Å². The molecule has 1 aliphatic rings. The van der Waals surface area contributed by atoms with E-state index in [1.807, 2.05) is 0 Å². The van der Waals surface area contributed by atoms with Gasteiger partial charge in [0.1, 0.15) is 0 Å². The maximum Gasteiger partial charge on any atom is 0.359 e. The fourth-order valence-corrected chi connectivity index (χ4v) is 2.94. The van der Waals surface area contributed by atoms with E-state index in [0.717, 1.165) is 12.8 Å². The van der Waals surface area contributed by atoms with Gasteiger partial charge in [-0.05, 0) is 30.7 Å². The maximum absolute atomic E-state index is 12.5. The van der Waals surface area contributed by atoms with Crippen LogP contribution in [0.1, 0.15) is 30.3 Å². The molecule has 1 aromatic carbocycles. The second-order valence-electron chi connectivity index (χ2n) is 6.10. The second kappa shape index (κ2) is 6.36. The molecule has 0 N–H and O–H groups in total. The summed E-state index contributed by atoms with van der Waals surface area (Å²) in [4.78, 5) is 24.5. The van der Waals surface area contributed by atoms with Gasteiger partial charge in [0.15, 0.2) is 5.69 Å². The lowest BCUT2D eigenvalue weighted by molar-refractivity contribution is 0.0388. The zero-order chi connectivity index (χ0) is 16.4. The Labute approximate surface area is 134 Å². The van der Waals surface area contributed by atoms with Crippen molar-refractivity contribution in [2.24, 2.45) is 18.9 Å². The third kappa shape index (κ3) is 3.04. The van der Waals surface area contributed by atoms with E-state index < -0.39 is 5.97 Å². The van der Waals surface area contributed by atoms with Gasteiger partial charge in [-0.3, -0.25) is 4.79 Å². The minimum atomic E-state index is -0.474. The number of carbonyl (C=O) groups excluding carboxylic acids is 1. The predicted octanol–water partition coefficient (Wildman–Crippen LogP) is 2.69. The minimum Gasteiger partial charge on any atom is -0.461 e. The SMILES string of the molecule is C[C@H]1CC=CC[C@H]1COC(=O)c1nn(C)c(=O)c2ccccc12. The monoisotopic (exact) mass is 312 g/mol. The number of allylic oxidation sites excluding steroid dienone is 2. The molecule has 1 heterocycles. The van der Waals surface area contributed by atoms with Gasteiger partial charge in [0.2, 0.25) is 0 Å². The number of aryl methyl sites for hydroxylation is 1. The summed E-state index contributed by atoms with van der Waals surface area (Å²) in [6, 6.07) is 6.99. The Morgan fingerprint density at radius 1 is 1.26 bits per heavy atom. The smallest absolute Gasteiger partial charge is 0.359 e. The van der Waals surface area contributed by atoms with Crippen molar-refractivity contribution in [2.45, 2.75) is 19.8 Å². The Balaban J connectivity index is 1.85. The van der Waals surface area contributed by atoms with E-state index in [1.54, 1.807) is 31.3 Å². The van der Waals surface area contributed by atoms with Gasteiger partial charge in [-0.2, -0.15) is 5.10 Å². The van der Waals surface area contributed by atoms with Crippen LogP contribution < -0.4 is 5.56 Å². The summed E-state index contributed by atoms with van der Waals surface area (Å²) in [6.07, 6.45) is 6.25. The molecule has 0 amide bonds. The normalized spacial score (nSPS) is 20.6. The molecule has 5 heteroatoms. The molecule has 1 aromatic heterocycles. The Hall–Kier alpha value is -2.43. The van der Waals surface area contributed by atoms with E-state index in [9.17, 15) is 9.59 Å². The minimum absolute atomic E-state index is 0.196. The summed E-state index contributed by atoms with van der Waals surface area (Å²) < 4.78 is 6.68. The van der Waals surface area contributed by atoms with Crippen LogP contribution in [0.25, 0.3) is 10.8 Å². The van der Waals surface area contributed by atoms with Crippen molar-refractivity contribution in [3.63, 3.8) is 0 Å². The zero-order valence-corrected chi connectivity index (χ0v) is 13.4. The second-order valence-corrected chi connectivity index (χ2v) is 6.10. The van der Waals surface area contributed by atoms with E-state index in [0.29, 0.717) is 29.2 Å². The van der Waals surface area contributed by atoms with Crippen molar-refractivity contribution < 1.29 is 9.53 Å². The number of fused-ring (bicyclic) bond motifs is 1. The quantitative estimate of drug-likeness (QED) is 0.646. The largest absolute Gasteiger partial charge is 0.461 e. The van der Waals surface area contributed by atoms with Crippen LogP contribution >= 0.6 is 0 Å². The first-order valence-corrected chi connectivity index (χ1v) is 7.86. The summed E-state index contributed by atoms with van der Waals surface area (Å²) in [6.45, 7) is 2.55. The van der Waals surface area contributed by atoms with Gasteiger partial charge in [0.05, 0.1) is 12.0 Å². The number of hydrogen-bond donors (Lipinski definition) is 0. The Kier molecular flexibility index (Phi) is 4.28. The van der Waals surface area contributed by atoms with E-state index in [-0.39, 0.29) is 11.3 Å². The zero-order valence-electron chi connectivity index (χ0n) is 13.4. The van der Waals surface area contributed by atoms with Crippen LogP contribution in [0.5, 0.6) is 0 Å². The first kappa shape index (κ1) is 15.5. The molecule has 3 rings (SSSR count). The third-order valence-corrected chi connectivity index (χ3v) is 4.50. The van der Waals surface area contributed by atoms with Crippen molar-refractivity contribution >= 4 is 16.7 Å². The van der Waals surface area contributed by atoms with Crippen LogP contribution in [-0.2, 0) is 11.8 Å².